The highest BCUT2D eigenvalue weighted by atomic mass is 32.2. The molecule has 1 atom stereocenters. The molecule has 2 N–H and O–H groups in total. The summed E-state index contributed by atoms with van der Waals surface area (Å²) in [7, 11) is 2.54. The second-order valence-corrected chi connectivity index (χ2v) is 8.62. The molecule has 0 bridgehead atoms. The van der Waals surface area contributed by atoms with Gasteiger partial charge in [0.05, 0.1) is 14.2 Å². The molecule has 0 aromatic heterocycles. The van der Waals surface area contributed by atoms with Crippen molar-refractivity contribution in [3.63, 3.8) is 0 Å². The summed E-state index contributed by atoms with van der Waals surface area (Å²) in [6.07, 6.45) is 0. The van der Waals surface area contributed by atoms with Gasteiger partial charge in [-0.05, 0) is 18.2 Å². The summed E-state index contributed by atoms with van der Waals surface area (Å²) < 4.78 is 31.2. The maximum atomic E-state index is 12.5. The van der Waals surface area contributed by atoms with Crippen LogP contribution >= 0.6 is 0 Å². The number of methoxy groups -OCH3 is 1. The molecule has 0 saturated carbocycles. The van der Waals surface area contributed by atoms with Crippen molar-refractivity contribution in [2.24, 2.45) is 0 Å². The molecule has 0 saturated heterocycles. The van der Waals surface area contributed by atoms with Crippen molar-refractivity contribution in [1.82, 2.24) is 4.31 Å². The van der Waals surface area contributed by atoms with Gasteiger partial charge >= 0.3 is 0 Å². The van der Waals surface area contributed by atoms with Crippen LogP contribution in [0, 0.1) is 0 Å². The highest BCUT2D eigenvalue weighted by Crippen LogP contribution is 2.28. The largest absolute Gasteiger partial charge is 0.495 e. The minimum Gasteiger partial charge on any atom is -0.495 e. The van der Waals surface area contributed by atoms with Crippen LogP contribution < -0.4 is 15.0 Å². The fraction of sp³-hybridized carbons (Fsp3) is 0.316. The summed E-state index contributed by atoms with van der Waals surface area (Å²) in [4.78, 5) is 13.4. The van der Waals surface area contributed by atoms with Gasteiger partial charge in [-0.15, -0.1) is 0 Å². The molecule has 8 heteroatoms. The van der Waals surface area contributed by atoms with Crippen molar-refractivity contribution in [1.29, 1.82) is 0 Å². The third-order valence-electron chi connectivity index (χ3n) is 4.02. The summed E-state index contributed by atoms with van der Waals surface area (Å²) in [5.74, 6) is 0.0373. The van der Waals surface area contributed by atoms with E-state index >= 15 is 0 Å². The molecule has 7 nitrogen and oxygen atoms in total. The quantitative estimate of drug-likeness (QED) is 0.690. The Bertz CT molecular complexity index is 883. The van der Waals surface area contributed by atoms with E-state index in [1.54, 1.807) is 6.07 Å². The highest BCUT2D eigenvalue weighted by molar-refractivity contribution is 7.89. The topological polar surface area (TPSA) is 80.1 Å². The summed E-state index contributed by atoms with van der Waals surface area (Å²) in [5, 5.41) is 2.76. The normalized spacial score (nSPS) is 12.6. The van der Waals surface area contributed by atoms with Crippen molar-refractivity contribution >= 4 is 21.6 Å². The molecular weight excluding hydrogens is 366 g/mol. The van der Waals surface area contributed by atoms with Gasteiger partial charge in [-0.25, -0.2) is 12.7 Å². The van der Waals surface area contributed by atoms with Gasteiger partial charge in [0.15, 0.2) is 6.54 Å². The van der Waals surface area contributed by atoms with Crippen LogP contribution in [0.5, 0.6) is 5.75 Å². The maximum Gasteiger partial charge on any atom is 0.279 e. The lowest BCUT2D eigenvalue weighted by atomic mass is 10.2. The molecule has 0 radical (unpaired) electrons. The molecule has 0 aliphatic carbocycles. The van der Waals surface area contributed by atoms with Gasteiger partial charge in [0.25, 0.3) is 5.91 Å². The zero-order valence-electron chi connectivity index (χ0n) is 16.0. The third-order valence-corrected chi connectivity index (χ3v) is 5.85. The van der Waals surface area contributed by atoms with E-state index in [2.05, 4.69) is 5.32 Å². The Hall–Kier alpha value is -2.42. The predicted molar refractivity (Wildman–Crippen MR) is 104 cm³/mol. The number of likely N-dealkylation sites (N-methyl/N-ethyl adjacent to an activating group) is 1. The van der Waals surface area contributed by atoms with Crippen LogP contribution in [0.3, 0.4) is 0 Å². The Morgan fingerprint density at radius 1 is 1.15 bits per heavy atom. The monoisotopic (exact) mass is 392 g/mol. The number of anilines is 1. The first-order valence-electron chi connectivity index (χ1n) is 8.49. The number of hydrogen-bond donors (Lipinski definition) is 2. The van der Waals surface area contributed by atoms with E-state index < -0.39 is 10.0 Å². The first-order chi connectivity index (χ1) is 12.7. The average molecular weight is 393 g/mol. The highest BCUT2D eigenvalue weighted by Gasteiger charge is 2.23. The van der Waals surface area contributed by atoms with E-state index in [-0.39, 0.29) is 23.1 Å². The van der Waals surface area contributed by atoms with E-state index in [1.807, 2.05) is 37.4 Å². The molecule has 0 spiro atoms. The lowest BCUT2D eigenvalue weighted by Crippen LogP contribution is -3.08. The standard InChI is InChI=1S/C19H25N3O4S/c1-21(2)27(24,25)18-12-16(10-11-17(18)26-4)20-19(23)14-22(3)13-15-8-6-5-7-9-15/h5-12H,13-14H2,1-4H3,(H,20,23)/p+1. The lowest BCUT2D eigenvalue weighted by molar-refractivity contribution is -0.885. The number of hydrogen-bond acceptors (Lipinski definition) is 4. The van der Waals surface area contributed by atoms with Gasteiger partial charge in [0.1, 0.15) is 17.2 Å². The number of quaternary nitrogens is 1. The molecule has 2 aromatic carbocycles. The van der Waals surface area contributed by atoms with Gasteiger partial charge in [0, 0.05) is 25.3 Å². The summed E-state index contributed by atoms with van der Waals surface area (Å²) >= 11 is 0. The van der Waals surface area contributed by atoms with E-state index in [0.29, 0.717) is 5.69 Å². The van der Waals surface area contributed by atoms with Crippen LogP contribution in [0.4, 0.5) is 5.69 Å². The van der Waals surface area contributed by atoms with Gasteiger partial charge in [0.2, 0.25) is 10.0 Å². The van der Waals surface area contributed by atoms with Crippen molar-refractivity contribution in [2.75, 3.05) is 40.1 Å². The molecule has 146 valence electrons. The van der Waals surface area contributed by atoms with Gasteiger partial charge < -0.3 is 15.0 Å². The number of sulfonamides is 1. The van der Waals surface area contributed by atoms with Gasteiger partial charge in [-0.2, -0.15) is 0 Å². The van der Waals surface area contributed by atoms with E-state index in [4.69, 9.17) is 4.74 Å². The number of ether oxygens (including phenoxy) is 1. The number of carbonyl (C=O) groups is 1. The molecule has 1 unspecified atom stereocenters. The molecular formula is C19H26N3O4S+. The van der Waals surface area contributed by atoms with Crippen LogP contribution in [-0.2, 0) is 21.4 Å². The maximum absolute atomic E-state index is 12.5. The summed E-state index contributed by atoms with van der Waals surface area (Å²) in [5.41, 5.74) is 1.56. The van der Waals surface area contributed by atoms with Gasteiger partial charge in [-0.3, -0.25) is 4.79 Å². The summed E-state index contributed by atoms with van der Waals surface area (Å²) in [6, 6.07) is 14.5. The molecule has 2 aromatic rings. The number of carbonyl (C=O) groups excluding carboxylic acids is 1. The third kappa shape index (κ3) is 5.53. The number of rotatable bonds is 8. The fourth-order valence-corrected chi connectivity index (χ4v) is 3.71. The van der Waals surface area contributed by atoms with Gasteiger partial charge in [-0.1, -0.05) is 30.3 Å². The lowest BCUT2D eigenvalue weighted by Gasteiger charge is -2.17. The Kier molecular flexibility index (Phi) is 6.95. The van der Waals surface area contributed by atoms with Crippen molar-refractivity contribution in [3.8, 4) is 5.75 Å². The predicted octanol–water partition coefficient (Wildman–Crippen LogP) is 0.599. The van der Waals surface area contributed by atoms with Crippen LogP contribution in [-0.4, -0.2) is 53.4 Å². The van der Waals surface area contributed by atoms with Crippen LogP contribution in [0.15, 0.2) is 53.4 Å². The van der Waals surface area contributed by atoms with Crippen LogP contribution in [0.25, 0.3) is 0 Å². The second kappa shape index (κ2) is 8.98. The Balaban J connectivity index is 2.09. The number of benzene rings is 2. The minimum absolute atomic E-state index is 0.0118. The van der Waals surface area contributed by atoms with Crippen molar-refractivity contribution < 1.29 is 22.8 Å². The number of amides is 1. The SMILES string of the molecule is COc1ccc(NC(=O)C[NH+](C)Cc2ccccc2)cc1S(=O)(=O)N(C)C. The Morgan fingerprint density at radius 2 is 1.81 bits per heavy atom. The molecule has 27 heavy (non-hydrogen) atoms. The van der Waals surface area contributed by atoms with Crippen molar-refractivity contribution in [2.45, 2.75) is 11.4 Å². The van der Waals surface area contributed by atoms with Crippen LogP contribution in [0.2, 0.25) is 0 Å². The van der Waals surface area contributed by atoms with E-state index in [1.165, 1.54) is 33.3 Å². The summed E-state index contributed by atoms with van der Waals surface area (Å²) in [6.45, 7) is 0.980. The molecule has 0 aliphatic rings. The average Bonchev–Trinajstić information content (AvgIpc) is 2.62. The zero-order chi connectivity index (χ0) is 20.0. The minimum atomic E-state index is -3.69. The molecule has 0 aliphatic heterocycles. The van der Waals surface area contributed by atoms with Crippen LogP contribution in [0.1, 0.15) is 5.56 Å². The Labute approximate surface area is 160 Å². The van der Waals surface area contributed by atoms with Crippen molar-refractivity contribution in [3.05, 3.63) is 54.1 Å². The Morgan fingerprint density at radius 3 is 2.41 bits per heavy atom. The van der Waals surface area contributed by atoms with E-state index in [0.717, 1.165) is 21.3 Å². The van der Waals surface area contributed by atoms with E-state index in [9.17, 15) is 13.2 Å². The fourth-order valence-electron chi connectivity index (χ4n) is 2.64. The molecule has 0 fully saturated rings. The smallest absolute Gasteiger partial charge is 0.279 e. The molecule has 2 rings (SSSR count). The second-order valence-electron chi connectivity index (χ2n) is 6.50. The molecule has 0 heterocycles. The number of nitrogens with one attached hydrogen (secondary N) is 2. The molecule has 1 amide bonds. The zero-order valence-corrected chi connectivity index (χ0v) is 16.8. The number of nitrogens with zero attached hydrogens (tertiary/aromatic N) is 1. The first kappa shape index (κ1) is 20.9. The first-order valence-corrected chi connectivity index (χ1v) is 9.93.